The Morgan fingerprint density at radius 2 is 1.56 bits per heavy atom. The van der Waals surface area contributed by atoms with E-state index in [1.807, 2.05) is 0 Å². The third-order valence-electron chi connectivity index (χ3n) is 5.41. The van der Waals surface area contributed by atoms with Crippen molar-refractivity contribution in [3.05, 3.63) is 29.8 Å². The van der Waals surface area contributed by atoms with Crippen molar-refractivity contribution in [1.29, 1.82) is 0 Å². The maximum absolute atomic E-state index is 12.6. The molecular formula is C18H23NO5S. The average molecular weight is 365 g/mol. The van der Waals surface area contributed by atoms with Gasteiger partial charge < -0.3 is 10.4 Å². The van der Waals surface area contributed by atoms with E-state index in [-0.39, 0.29) is 15.7 Å². The third-order valence-corrected chi connectivity index (χ3v) is 7.68. The van der Waals surface area contributed by atoms with Crippen LogP contribution in [0.1, 0.15) is 61.7 Å². The molecule has 3 rings (SSSR count). The molecule has 0 atom stereocenters. The van der Waals surface area contributed by atoms with E-state index in [1.165, 1.54) is 24.3 Å². The van der Waals surface area contributed by atoms with E-state index >= 15 is 0 Å². The maximum atomic E-state index is 12.6. The zero-order chi connectivity index (χ0) is 18.1. The van der Waals surface area contributed by atoms with Crippen LogP contribution in [-0.2, 0) is 14.6 Å². The van der Waals surface area contributed by atoms with E-state index in [1.54, 1.807) is 0 Å². The Kier molecular flexibility index (Phi) is 4.86. The first-order valence-corrected chi connectivity index (χ1v) is 10.3. The monoisotopic (exact) mass is 365 g/mol. The Morgan fingerprint density at radius 3 is 2.08 bits per heavy atom. The van der Waals surface area contributed by atoms with E-state index in [0.717, 1.165) is 25.7 Å². The minimum Gasteiger partial charge on any atom is -0.480 e. The molecule has 25 heavy (non-hydrogen) atoms. The van der Waals surface area contributed by atoms with Gasteiger partial charge in [0, 0.05) is 5.56 Å². The van der Waals surface area contributed by atoms with Gasteiger partial charge in [-0.3, -0.25) is 4.79 Å². The number of sulfone groups is 1. The van der Waals surface area contributed by atoms with Gasteiger partial charge in [0.15, 0.2) is 9.84 Å². The molecule has 0 aromatic heterocycles. The van der Waals surface area contributed by atoms with Gasteiger partial charge in [-0.2, -0.15) is 0 Å². The SMILES string of the molecule is O=C(NC1(C(=O)O)CCCC1)c1ccc(S(=O)(=O)C2CCCC2)cc1. The van der Waals surface area contributed by atoms with Crippen LogP contribution in [0.25, 0.3) is 0 Å². The summed E-state index contributed by atoms with van der Waals surface area (Å²) in [6.07, 6.45) is 5.61. The zero-order valence-corrected chi connectivity index (χ0v) is 14.8. The van der Waals surface area contributed by atoms with Crippen molar-refractivity contribution in [2.45, 2.75) is 67.1 Å². The molecule has 1 aromatic rings. The summed E-state index contributed by atoms with van der Waals surface area (Å²) < 4.78 is 25.1. The van der Waals surface area contributed by atoms with Crippen molar-refractivity contribution in [3.63, 3.8) is 0 Å². The van der Waals surface area contributed by atoms with Gasteiger partial charge in [0.25, 0.3) is 5.91 Å². The van der Waals surface area contributed by atoms with E-state index in [4.69, 9.17) is 0 Å². The standard InChI is InChI=1S/C18H23NO5S/c20-16(19-18(17(21)22)11-3-4-12-18)13-7-9-15(10-8-13)25(23,24)14-5-1-2-6-14/h7-10,14H,1-6,11-12H2,(H,19,20)(H,21,22). The first-order chi connectivity index (χ1) is 11.8. The van der Waals surface area contributed by atoms with Gasteiger partial charge in [0.1, 0.15) is 5.54 Å². The molecular weight excluding hydrogens is 342 g/mol. The summed E-state index contributed by atoms with van der Waals surface area (Å²) in [6, 6.07) is 5.82. The second-order valence-electron chi connectivity index (χ2n) is 7.02. The normalized spacial score (nSPS) is 20.5. The van der Waals surface area contributed by atoms with Crippen molar-refractivity contribution in [2.75, 3.05) is 0 Å². The molecule has 0 heterocycles. The summed E-state index contributed by atoms with van der Waals surface area (Å²) in [6.45, 7) is 0. The molecule has 0 unspecified atom stereocenters. The van der Waals surface area contributed by atoms with Gasteiger partial charge >= 0.3 is 5.97 Å². The Morgan fingerprint density at radius 1 is 1.00 bits per heavy atom. The van der Waals surface area contributed by atoms with Crippen LogP contribution in [0.4, 0.5) is 0 Å². The number of aliphatic carboxylic acids is 1. The summed E-state index contributed by atoms with van der Waals surface area (Å²) in [5.41, 5.74) is -0.927. The first-order valence-electron chi connectivity index (χ1n) is 8.75. The molecule has 0 saturated heterocycles. The number of carbonyl (C=O) groups excluding carboxylic acids is 1. The molecule has 2 aliphatic carbocycles. The van der Waals surface area contributed by atoms with Crippen LogP contribution >= 0.6 is 0 Å². The molecule has 0 bridgehead atoms. The quantitative estimate of drug-likeness (QED) is 0.835. The minimum atomic E-state index is -3.35. The van der Waals surface area contributed by atoms with Gasteiger partial charge in [0.2, 0.25) is 0 Å². The summed E-state index contributed by atoms with van der Waals surface area (Å²) in [5, 5.41) is 11.7. The number of carbonyl (C=O) groups is 2. The molecule has 6 nitrogen and oxygen atoms in total. The highest BCUT2D eigenvalue weighted by atomic mass is 32.2. The van der Waals surface area contributed by atoms with Crippen LogP contribution in [0.5, 0.6) is 0 Å². The van der Waals surface area contributed by atoms with Crippen molar-refractivity contribution in [2.24, 2.45) is 0 Å². The van der Waals surface area contributed by atoms with Gasteiger partial charge in [-0.1, -0.05) is 25.7 Å². The number of carboxylic acid groups (broad SMARTS) is 1. The molecule has 7 heteroatoms. The number of amides is 1. The molecule has 1 amide bonds. The molecule has 136 valence electrons. The Labute approximate surface area is 147 Å². The maximum Gasteiger partial charge on any atom is 0.329 e. The number of rotatable bonds is 5. The topological polar surface area (TPSA) is 101 Å². The molecule has 0 spiro atoms. The van der Waals surface area contributed by atoms with E-state index in [0.29, 0.717) is 25.7 Å². The van der Waals surface area contributed by atoms with Crippen molar-refractivity contribution < 1.29 is 23.1 Å². The van der Waals surface area contributed by atoms with Crippen molar-refractivity contribution in [1.82, 2.24) is 5.32 Å². The molecule has 1 aromatic carbocycles. The third kappa shape index (κ3) is 3.42. The highest BCUT2D eigenvalue weighted by Crippen LogP contribution is 2.31. The van der Waals surface area contributed by atoms with Gasteiger partial charge in [-0.15, -0.1) is 0 Å². The number of nitrogens with one attached hydrogen (secondary N) is 1. The van der Waals surface area contributed by atoms with Gasteiger partial charge in [0.05, 0.1) is 10.1 Å². The number of carboxylic acids is 1. The van der Waals surface area contributed by atoms with Crippen LogP contribution in [0.15, 0.2) is 29.2 Å². The van der Waals surface area contributed by atoms with Gasteiger partial charge in [-0.05, 0) is 49.9 Å². The minimum absolute atomic E-state index is 0.227. The number of benzene rings is 1. The van der Waals surface area contributed by atoms with Crippen LogP contribution in [0, 0.1) is 0 Å². The van der Waals surface area contributed by atoms with Crippen molar-refractivity contribution in [3.8, 4) is 0 Å². The fourth-order valence-electron chi connectivity index (χ4n) is 3.85. The van der Waals surface area contributed by atoms with Crippen LogP contribution in [0.2, 0.25) is 0 Å². The lowest BCUT2D eigenvalue weighted by molar-refractivity contribution is -0.144. The molecule has 0 aliphatic heterocycles. The van der Waals surface area contributed by atoms with Gasteiger partial charge in [-0.25, -0.2) is 13.2 Å². The molecule has 2 fully saturated rings. The second kappa shape index (κ2) is 6.78. The van der Waals surface area contributed by atoms with Crippen LogP contribution in [0.3, 0.4) is 0 Å². The summed E-state index contributed by atoms with van der Waals surface area (Å²) >= 11 is 0. The largest absolute Gasteiger partial charge is 0.480 e. The number of hydrogen-bond donors (Lipinski definition) is 2. The smallest absolute Gasteiger partial charge is 0.329 e. The number of hydrogen-bond acceptors (Lipinski definition) is 4. The van der Waals surface area contributed by atoms with E-state index in [2.05, 4.69) is 5.32 Å². The Bertz CT molecular complexity index is 757. The van der Waals surface area contributed by atoms with E-state index < -0.39 is 27.3 Å². The fraction of sp³-hybridized carbons (Fsp3) is 0.556. The predicted molar refractivity (Wildman–Crippen MR) is 92.2 cm³/mol. The molecule has 2 saturated carbocycles. The summed E-state index contributed by atoms with van der Waals surface area (Å²) in [7, 11) is -3.35. The molecule has 0 radical (unpaired) electrons. The van der Waals surface area contributed by atoms with Crippen LogP contribution in [-0.4, -0.2) is 36.2 Å². The highest BCUT2D eigenvalue weighted by molar-refractivity contribution is 7.92. The van der Waals surface area contributed by atoms with Crippen LogP contribution < -0.4 is 5.32 Å². The Hall–Kier alpha value is -1.89. The Balaban J connectivity index is 1.76. The zero-order valence-electron chi connectivity index (χ0n) is 14.0. The summed E-state index contributed by atoms with van der Waals surface area (Å²) in [4.78, 5) is 24.2. The highest BCUT2D eigenvalue weighted by Gasteiger charge is 2.42. The van der Waals surface area contributed by atoms with Crippen molar-refractivity contribution >= 4 is 21.7 Å². The van der Waals surface area contributed by atoms with E-state index in [9.17, 15) is 23.1 Å². The molecule has 2 N–H and O–H groups in total. The predicted octanol–water partition coefficient (Wildman–Crippen LogP) is 2.53. The average Bonchev–Trinajstić information content (AvgIpc) is 3.27. The lowest BCUT2D eigenvalue weighted by Crippen LogP contribution is -2.52. The second-order valence-corrected chi connectivity index (χ2v) is 9.25. The lowest BCUT2D eigenvalue weighted by Gasteiger charge is -2.25. The lowest BCUT2D eigenvalue weighted by atomic mass is 9.97. The fourth-order valence-corrected chi connectivity index (χ4v) is 5.70. The first kappa shape index (κ1) is 17.9. The summed E-state index contributed by atoms with van der Waals surface area (Å²) in [5.74, 6) is -1.49. The molecule has 2 aliphatic rings.